The van der Waals surface area contributed by atoms with Gasteiger partial charge in [0.25, 0.3) is 0 Å². The quantitative estimate of drug-likeness (QED) is 0.588. The zero-order valence-corrected chi connectivity index (χ0v) is 13.5. The third kappa shape index (κ3) is 4.83. The summed E-state index contributed by atoms with van der Waals surface area (Å²) in [6.07, 6.45) is 1.00. The van der Waals surface area contributed by atoms with E-state index in [9.17, 15) is 4.79 Å². The highest BCUT2D eigenvalue weighted by molar-refractivity contribution is 6.51. The molecule has 1 saturated heterocycles. The summed E-state index contributed by atoms with van der Waals surface area (Å²) in [4.78, 5) is 11.3. The van der Waals surface area contributed by atoms with E-state index in [1.807, 2.05) is 27.7 Å². The van der Waals surface area contributed by atoms with E-state index in [-0.39, 0.29) is 17.8 Å². The highest BCUT2D eigenvalue weighted by atomic mass is 16.7. The number of carbonyl (C=O) groups excluding carboxylic acids is 1. The van der Waals surface area contributed by atoms with Crippen molar-refractivity contribution >= 4 is 13.3 Å². The third-order valence-corrected chi connectivity index (χ3v) is 3.25. The van der Waals surface area contributed by atoms with Crippen molar-refractivity contribution in [2.24, 2.45) is 0 Å². The lowest BCUT2D eigenvalue weighted by atomic mass is 9.90. The lowest BCUT2D eigenvalue weighted by Gasteiger charge is -2.32. The standard InChI is InChI=1S/C14H25BO5/c1-12(2,3)18-11(16)17-10-8-9-15-19-13(4,5)14(6,7)20-15/h8-9H,10H2,1-7H3/b9-8+. The second-order valence-corrected chi connectivity index (χ2v) is 6.83. The van der Waals surface area contributed by atoms with Gasteiger partial charge in [-0.25, -0.2) is 4.79 Å². The van der Waals surface area contributed by atoms with Crippen LogP contribution in [0.5, 0.6) is 0 Å². The van der Waals surface area contributed by atoms with Gasteiger partial charge >= 0.3 is 13.3 Å². The fraction of sp³-hybridized carbons (Fsp3) is 0.786. The molecule has 1 heterocycles. The normalized spacial score (nSPS) is 21.2. The minimum atomic E-state index is -0.684. The van der Waals surface area contributed by atoms with Crippen molar-refractivity contribution < 1.29 is 23.6 Å². The van der Waals surface area contributed by atoms with Crippen LogP contribution in [0.2, 0.25) is 0 Å². The summed E-state index contributed by atoms with van der Waals surface area (Å²) in [5.41, 5.74) is -1.28. The van der Waals surface area contributed by atoms with Crippen molar-refractivity contribution in [3.8, 4) is 0 Å². The van der Waals surface area contributed by atoms with Crippen LogP contribution in [0.25, 0.3) is 0 Å². The number of hydrogen-bond donors (Lipinski definition) is 0. The van der Waals surface area contributed by atoms with Crippen molar-refractivity contribution in [1.29, 1.82) is 0 Å². The van der Waals surface area contributed by atoms with Crippen molar-refractivity contribution in [3.63, 3.8) is 0 Å². The molecule has 1 rings (SSSR count). The molecule has 1 aliphatic heterocycles. The highest BCUT2D eigenvalue weighted by Gasteiger charge is 2.49. The van der Waals surface area contributed by atoms with Crippen LogP contribution in [-0.2, 0) is 18.8 Å². The molecular formula is C14H25BO5. The Bertz CT molecular complexity index is 366. The number of carbonyl (C=O) groups is 1. The van der Waals surface area contributed by atoms with Gasteiger partial charge < -0.3 is 18.8 Å². The van der Waals surface area contributed by atoms with Crippen LogP contribution >= 0.6 is 0 Å². The summed E-state index contributed by atoms with van der Waals surface area (Å²) >= 11 is 0. The summed E-state index contributed by atoms with van der Waals surface area (Å²) in [7, 11) is -0.428. The van der Waals surface area contributed by atoms with E-state index in [0.29, 0.717) is 0 Å². The average molecular weight is 284 g/mol. The first kappa shape index (κ1) is 17.0. The van der Waals surface area contributed by atoms with Crippen LogP contribution in [0.15, 0.2) is 12.1 Å². The molecule has 0 aromatic carbocycles. The number of rotatable bonds is 3. The van der Waals surface area contributed by atoms with E-state index in [2.05, 4.69) is 0 Å². The smallest absolute Gasteiger partial charge is 0.430 e. The van der Waals surface area contributed by atoms with Crippen molar-refractivity contribution in [3.05, 3.63) is 12.1 Å². The monoisotopic (exact) mass is 284 g/mol. The van der Waals surface area contributed by atoms with E-state index in [1.165, 1.54) is 0 Å². The van der Waals surface area contributed by atoms with Gasteiger partial charge in [0.15, 0.2) is 0 Å². The predicted octanol–water partition coefficient (Wildman–Crippen LogP) is 3.13. The van der Waals surface area contributed by atoms with Crippen LogP contribution in [-0.4, -0.2) is 36.7 Å². The van der Waals surface area contributed by atoms with Gasteiger partial charge in [0.05, 0.1) is 11.2 Å². The van der Waals surface area contributed by atoms with E-state index >= 15 is 0 Å². The Balaban J connectivity index is 2.35. The molecule has 0 radical (unpaired) electrons. The molecule has 6 heteroatoms. The molecule has 0 saturated carbocycles. The van der Waals surface area contributed by atoms with Gasteiger partial charge in [0.1, 0.15) is 12.2 Å². The first-order valence-electron chi connectivity index (χ1n) is 6.81. The van der Waals surface area contributed by atoms with Crippen LogP contribution in [0.4, 0.5) is 4.79 Å². The molecule has 0 N–H and O–H groups in total. The molecule has 114 valence electrons. The molecule has 0 bridgehead atoms. The minimum Gasteiger partial charge on any atom is -0.430 e. The van der Waals surface area contributed by atoms with Gasteiger partial charge in [-0.1, -0.05) is 12.1 Å². The lowest BCUT2D eigenvalue weighted by Crippen LogP contribution is -2.41. The van der Waals surface area contributed by atoms with E-state index in [1.54, 1.807) is 32.8 Å². The zero-order chi connectivity index (χ0) is 15.6. The second kappa shape index (κ2) is 5.78. The molecule has 5 nitrogen and oxygen atoms in total. The van der Waals surface area contributed by atoms with Crippen LogP contribution in [0.3, 0.4) is 0 Å². The van der Waals surface area contributed by atoms with Crippen molar-refractivity contribution in [1.82, 2.24) is 0 Å². The van der Waals surface area contributed by atoms with E-state index < -0.39 is 18.9 Å². The average Bonchev–Trinajstić information content (AvgIpc) is 2.40. The van der Waals surface area contributed by atoms with Gasteiger partial charge in [-0.3, -0.25) is 0 Å². The van der Waals surface area contributed by atoms with Gasteiger partial charge in [-0.15, -0.1) is 0 Å². The van der Waals surface area contributed by atoms with Gasteiger partial charge in [0, 0.05) is 0 Å². The molecule has 1 aliphatic rings. The molecule has 0 amide bonds. The molecule has 0 aromatic rings. The summed E-state index contributed by atoms with van der Waals surface area (Å²) in [5, 5.41) is 0. The van der Waals surface area contributed by atoms with Crippen molar-refractivity contribution in [2.75, 3.05) is 6.61 Å². The fourth-order valence-corrected chi connectivity index (χ4v) is 1.53. The van der Waals surface area contributed by atoms with Crippen LogP contribution in [0.1, 0.15) is 48.5 Å². The first-order chi connectivity index (χ1) is 8.93. The zero-order valence-electron chi connectivity index (χ0n) is 13.5. The lowest BCUT2D eigenvalue weighted by molar-refractivity contribution is -0.00243. The summed E-state index contributed by atoms with van der Waals surface area (Å²) < 4.78 is 21.5. The Morgan fingerprint density at radius 1 is 1.15 bits per heavy atom. The van der Waals surface area contributed by atoms with Gasteiger partial charge in [0.2, 0.25) is 0 Å². The Labute approximate surface area is 121 Å². The topological polar surface area (TPSA) is 54.0 Å². The third-order valence-electron chi connectivity index (χ3n) is 3.25. The summed E-state index contributed by atoms with van der Waals surface area (Å²) in [6.45, 7) is 13.4. The van der Waals surface area contributed by atoms with Gasteiger partial charge in [-0.2, -0.15) is 0 Å². The minimum absolute atomic E-state index is 0.124. The molecule has 0 spiro atoms. The fourth-order valence-electron chi connectivity index (χ4n) is 1.53. The Morgan fingerprint density at radius 2 is 1.65 bits per heavy atom. The molecule has 0 aromatic heterocycles. The summed E-state index contributed by atoms with van der Waals surface area (Å²) in [5.74, 6) is 1.74. The summed E-state index contributed by atoms with van der Waals surface area (Å²) in [6, 6.07) is 0. The molecule has 0 atom stereocenters. The van der Waals surface area contributed by atoms with E-state index in [4.69, 9.17) is 18.8 Å². The molecular weight excluding hydrogens is 259 g/mol. The molecule has 20 heavy (non-hydrogen) atoms. The Kier molecular flexibility index (Phi) is 4.92. The van der Waals surface area contributed by atoms with Crippen LogP contribution < -0.4 is 0 Å². The maximum absolute atomic E-state index is 11.3. The number of hydrogen-bond acceptors (Lipinski definition) is 5. The highest BCUT2D eigenvalue weighted by Crippen LogP contribution is 2.36. The number of ether oxygens (including phenoxy) is 2. The maximum Gasteiger partial charge on any atom is 0.509 e. The second-order valence-electron chi connectivity index (χ2n) is 6.83. The predicted molar refractivity (Wildman–Crippen MR) is 77.4 cm³/mol. The van der Waals surface area contributed by atoms with Gasteiger partial charge in [-0.05, 0) is 48.5 Å². The van der Waals surface area contributed by atoms with Crippen molar-refractivity contribution in [2.45, 2.75) is 65.3 Å². The first-order valence-corrected chi connectivity index (χ1v) is 6.81. The Hall–Kier alpha value is -1.01. The van der Waals surface area contributed by atoms with E-state index in [0.717, 1.165) is 0 Å². The SMILES string of the molecule is CC(C)(C)OC(=O)OC/C=C/B1OC(C)(C)C(C)(C)O1. The molecule has 1 fully saturated rings. The molecule has 0 unspecified atom stereocenters. The maximum atomic E-state index is 11.3. The molecule has 0 aliphatic carbocycles. The largest absolute Gasteiger partial charge is 0.509 e. The van der Waals surface area contributed by atoms with Crippen LogP contribution in [0, 0.1) is 0 Å². The Morgan fingerprint density at radius 3 is 2.10 bits per heavy atom.